The third kappa shape index (κ3) is 4.78. The minimum atomic E-state index is -4.56. The quantitative estimate of drug-likeness (QED) is 0.752. The molecule has 3 unspecified atom stereocenters. The fraction of sp³-hybridized carbons (Fsp3) is 0.632. The van der Waals surface area contributed by atoms with Gasteiger partial charge in [-0.25, -0.2) is 0 Å². The smallest absolute Gasteiger partial charge is 0.325 e. The maximum atomic E-state index is 13.0. The van der Waals surface area contributed by atoms with Gasteiger partial charge in [-0.05, 0) is 57.3 Å². The minimum Gasteiger partial charge on any atom is -0.325 e. The highest BCUT2D eigenvalue weighted by molar-refractivity contribution is 7.99. The highest BCUT2D eigenvalue weighted by Gasteiger charge is 2.40. The van der Waals surface area contributed by atoms with Gasteiger partial charge in [-0.1, -0.05) is 11.6 Å². The number of rotatable bonds is 5. The molecule has 2 heterocycles. The Morgan fingerprint density at radius 1 is 1.29 bits per heavy atom. The molecule has 0 spiro atoms. The van der Waals surface area contributed by atoms with Gasteiger partial charge in [0.25, 0.3) is 0 Å². The Bertz CT molecular complexity index is 712. The first kappa shape index (κ1) is 21.7. The third-order valence-corrected chi connectivity index (χ3v) is 7.04. The molecule has 2 fully saturated rings. The molecule has 156 valence electrons. The van der Waals surface area contributed by atoms with Crippen LogP contribution in [0.3, 0.4) is 0 Å². The van der Waals surface area contributed by atoms with E-state index in [0.717, 1.165) is 38.3 Å². The maximum absolute atomic E-state index is 13.0. The van der Waals surface area contributed by atoms with E-state index in [0.29, 0.717) is 11.3 Å². The average molecular weight is 436 g/mol. The second-order valence-corrected chi connectivity index (χ2v) is 8.88. The van der Waals surface area contributed by atoms with Gasteiger partial charge in [0.05, 0.1) is 16.6 Å². The molecule has 0 bridgehead atoms. The summed E-state index contributed by atoms with van der Waals surface area (Å²) in [6.45, 7) is 5.60. The van der Waals surface area contributed by atoms with Gasteiger partial charge in [-0.15, -0.1) is 0 Å². The van der Waals surface area contributed by atoms with Gasteiger partial charge in [0.1, 0.15) is 0 Å². The van der Waals surface area contributed by atoms with Crippen molar-refractivity contribution in [2.45, 2.75) is 43.3 Å². The number of nitrogens with zero attached hydrogens (tertiary/aromatic N) is 2. The largest absolute Gasteiger partial charge is 0.417 e. The fourth-order valence-corrected chi connectivity index (χ4v) is 5.13. The van der Waals surface area contributed by atoms with Crippen molar-refractivity contribution >= 4 is 35.0 Å². The van der Waals surface area contributed by atoms with E-state index in [4.69, 9.17) is 11.6 Å². The Labute approximate surface area is 172 Å². The number of thioether (sulfide) groups is 1. The number of halogens is 4. The van der Waals surface area contributed by atoms with E-state index >= 15 is 0 Å². The number of hydrogen-bond acceptors (Lipinski definition) is 4. The first-order chi connectivity index (χ1) is 13.2. The molecule has 4 nitrogen and oxygen atoms in total. The summed E-state index contributed by atoms with van der Waals surface area (Å²) in [4.78, 5) is 17.3. The van der Waals surface area contributed by atoms with Crippen molar-refractivity contribution in [3.8, 4) is 0 Å². The van der Waals surface area contributed by atoms with Gasteiger partial charge >= 0.3 is 6.18 Å². The number of carbonyl (C=O) groups excluding carboxylic acids is 1. The molecule has 1 N–H and O–H groups in total. The summed E-state index contributed by atoms with van der Waals surface area (Å²) in [5.41, 5.74) is -0.845. The van der Waals surface area contributed by atoms with Crippen LogP contribution in [0.25, 0.3) is 0 Å². The van der Waals surface area contributed by atoms with Crippen molar-refractivity contribution in [2.75, 3.05) is 37.8 Å². The van der Waals surface area contributed by atoms with E-state index in [9.17, 15) is 18.0 Å². The molecule has 2 aliphatic rings. The molecule has 0 aliphatic carbocycles. The zero-order valence-corrected chi connectivity index (χ0v) is 17.5. The predicted octanol–water partition coefficient (Wildman–Crippen LogP) is 4.20. The van der Waals surface area contributed by atoms with Crippen LogP contribution in [-0.4, -0.2) is 65.5 Å². The molecular weight excluding hydrogens is 411 g/mol. The lowest BCUT2D eigenvalue weighted by Gasteiger charge is -2.28. The number of anilines is 1. The summed E-state index contributed by atoms with van der Waals surface area (Å²) >= 11 is 7.46. The van der Waals surface area contributed by atoms with Crippen LogP contribution in [0.5, 0.6) is 0 Å². The number of amides is 1. The summed E-state index contributed by atoms with van der Waals surface area (Å²) in [6.07, 6.45) is -0.0429. The summed E-state index contributed by atoms with van der Waals surface area (Å²) < 4.78 is 39.1. The zero-order valence-electron chi connectivity index (χ0n) is 15.9. The highest BCUT2D eigenvalue weighted by Crippen LogP contribution is 2.36. The molecule has 1 aromatic carbocycles. The second kappa shape index (κ2) is 8.81. The molecule has 2 aliphatic heterocycles. The van der Waals surface area contributed by atoms with Gasteiger partial charge in [-0.3, -0.25) is 14.6 Å². The molecule has 0 aromatic heterocycles. The Morgan fingerprint density at radius 2 is 1.96 bits per heavy atom. The predicted molar refractivity (Wildman–Crippen MR) is 108 cm³/mol. The lowest BCUT2D eigenvalue weighted by molar-refractivity contribution is -0.137. The monoisotopic (exact) mass is 435 g/mol. The number of alkyl halides is 3. The number of hydrogen-bond donors (Lipinski definition) is 1. The van der Waals surface area contributed by atoms with E-state index < -0.39 is 17.8 Å². The Kier molecular flexibility index (Phi) is 6.84. The zero-order chi connectivity index (χ0) is 20.5. The van der Waals surface area contributed by atoms with Crippen LogP contribution in [0.4, 0.5) is 18.9 Å². The number of carbonyl (C=O) groups is 1. The number of likely N-dealkylation sites (tertiary alicyclic amines) is 2. The first-order valence-corrected chi connectivity index (χ1v) is 11.1. The first-order valence-electron chi connectivity index (χ1n) is 9.39. The Hall–Kier alpha value is -0.960. The van der Waals surface area contributed by atoms with Crippen molar-refractivity contribution in [2.24, 2.45) is 0 Å². The minimum absolute atomic E-state index is 0.102. The molecule has 3 atom stereocenters. The molecule has 9 heteroatoms. The molecule has 0 radical (unpaired) electrons. The normalized spacial score (nSPS) is 25.2. The van der Waals surface area contributed by atoms with Crippen molar-refractivity contribution in [1.82, 2.24) is 9.80 Å². The molecule has 2 saturated heterocycles. The molecule has 1 amide bonds. The molecule has 28 heavy (non-hydrogen) atoms. The lowest BCUT2D eigenvalue weighted by atomic mass is 10.2. The van der Waals surface area contributed by atoms with Crippen LogP contribution in [0.2, 0.25) is 5.02 Å². The van der Waals surface area contributed by atoms with Crippen molar-refractivity contribution in [3.05, 3.63) is 28.8 Å². The van der Waals surface area contributed by atoms with Gasteiger partial charge in [-0.2, -0.15) is 24.9 Å². The highest BCUT2D eigenvalue weighted by atomic mass is 35.5. The van der Waals surface area contributed by atoms with Gasteiger partial charge in [0.2, 0.25) is 5.91 Å². The topological polar surface area (TPSA) is 35.6 Å². The van der Waals surface area contributed by atoms with Crippen LogP contribution < -0.4 is 5.32 Å². The number of benzene rings is 1. The SMILES string of the molecule is CSC1CN(C(C)C(=O)Nc2ccc(Cl)c(C(F)(F)F)c2)CC1N1CCCC1. The van der Waals surface area contributed by atoms with Crippen LogP contribution in [-0.2, 0) is 11.0 Å². The molecule has 3 rings (SSSR count). The van der Waals surface area contributed by atoms with Gasteiger partial charge in [0.15, 0.2) is 0 Å². The van der Waals surface area contributed by atoms with Crippen molar-refractivity contribution in [3.63, 3.8) is 0 Å². The second-order valence-electron chi connectivity index (χ2n) is 7.40. The van der Waals surface area contributed by atoms with E-state index in [2.05, 4.69) is 21.4 Å². The van der Waals surface area contributed by atoms with Gasteiger partial charge < -0.3 is 5.32 Å². The molecule has 0 saturated carbocycles. The van der Waals surface area contributed by atoms with Crippen LogP contribution in [0.1, 0.15) is 25.3 Å². The van der Waals surface area contributed by atoms with Crippen LogP contribution in [0.15, 0.2) is 18.2 Å². The maximum Gasteiger partial charge on any atom is 0.417 e. The Balaban J connectivity index is 1.66. The molecular formula is C19H25ClF3N3OS. The number of nitrogens with one attached hydrogen (secondary N) is 1. The average Bonchev–Trinajstić information content (AvgIpc) is 3.30. The van der Waals surface area contributed by atoms with E-state index in [1.165, 1.54) is 18.9 Å². The third-order valence-electron chi connectivity index (χ3n) is 5.64. The van der Waals surface area contributed by atoms with E-state index in [1.807, 2.05) is 11.8 Å². The summed E-state index contributed by atoms with van der Waals surface area (Å²) in [6, 6.07) is 3.43. The van der Waals surface area contributed by atoms with E-state index in [1.54, 1.807) is 6.92 Å². The van der Waals surface area contributed by atoms with Crippen molar-refractivity contribution < 1.29 is 18.0 Å². The standard InChI is InChI=1S/C19H25ClF3N3OS/c1-12(26-10-16(17(11-26)28-2)25-7-3-4-8-25)18(27)24-13-5-6-15(20)14(9-13)19(21,22)23/h5-6,9,12,16-17H,3-4,7-8,10-11H2,1-2H3,(H,24,27). The lowest BCUT2D eigenvalue weighted by Crippen LogP contribution is -2.43. The Morgan fingerprint density at radius 3 is 2.57 bits per heavy atom. The van der Waals surface area contributed by atoms with E-state index in [-0.39, 0.29) is 16.6 Å². The summed E-state index contributed by atoms with van der Waals surface area (Å²) in [7, 11) is 0. The summed E-state index contributed by atoms with van der Waals surface area (Å²) in [5.74, 6) is -0.308. The van der Waals surface area contributed by atoms with Gasteiger partial charge in [0, 0.05) is 30.1 Å². The fourth-order valence-electron chi connectivity index (χ4n) is 3.99. The summed E-state index contributed by atoms with van der Waals surface area (Å²) in [5, 5.41) is 2.67. The molecule has 1 aromatic rings. The van der Waals surface area contributed by atoms with Crippen LogP contribution in [0, 0.1) is 0 Å². The van der Waals surface area contributed by atoms with Crippen molar-refractivity contribution in [1.29, 1.82) is 0 Å². The van der Waals surface area contributed by atoms with Crippen LogP contribution >= 0.6 is 23.4 Å².